The molecule has 124 valence electrons. The van der Waals surface area contributed by atoms with Gasteiger partial charge in [0.05, 0.1) is 5.56 Å². The Morgan fingerprint density at radius 3 is 2.78 bits per heavy atom. The number of carbonyl (C=O) groups excluding carboxylic acids is 1. The van der Waals surface area contributed by atoms with Crippen LogP contribution in [0.1, 0.15) is 45.6 Å². The molecule has 23 heavy (non-hydrogen) atoms. The summed E-state index contributed by atoms with van der Waals surface area (Å²) in [6.45, 7) is 6.41. The fourth-order valence-corrected chi connectivity index (χ4v) is 3.27. The van der Waals surface area contributed by atoms with Crippen LogP contribution in [0.5, 0.6) is 5.75 Å². The average Bonchev–Trinajstić information content (AvgIpc) is 2.53. The van der Waals surface area contributed by atoms with Crippen molar-refractivity contribution in [3.05, 3.63) is 29.8 Å². The molecule has 2 rings (SSSR count). The first-order valence-corrected chi connectivity index (χ1v) is 8.32. The highest BCUT2D eigenvalue weighted by molar-refractivity contribution is 5.71. The number of ether oxygens (including phenoxy) is 2. The molecule has 3 atom stereocenters. The highest BCUT2D eigenvalue weighted by Gasteiger charge is 2.33. The van der Waals surface area contributed by atoms with E-state index < -0.39 is 0 Å². The van der Waals surface area contributed by atoms with Gasteiger partial charge in [-0.05, 0) is 42.7 Å². The lowest BCUT2D eigenvalue weighted by Crippen LogP contribution is -2.37. The molecule has 1 aliphatic carbocycles. The van der Waals surface area contributed by atoms with Crippen LogP contribution in [0, 0.1) is 29.1 Å². The quantitative estimate of drug-likeness (QED) is 0.772. The van der Waals surface area contributed by atoms with Gasteiger partial charge < -0.3 is 9.47 Å². The van der Waals surface area contributed by atoms with Crippen molar-refractivity contribution in [2.75, 3.05) is 6.61 Å². The zero-order chi connectivity index (χ0) is 16.8. The van der Waals surface area contributed by atoms with Gasteiger partial charge in [-0.25, -0.2) is 4.79 Å². The van der Waals surface area contributed by atoms with Crippen LogP contribution >= 0.6 is 0 Å². The van der Waals surface area contributed by atoms with Gasteiger partial charge in [0, 0.05) is 0 Å². The highest BCUT2D eigenvalue weighted by Crippen LogP contribution is 2.35. The lowest BCUT2D eigenvalue weighted by atomic mass is 9.75. The summed E-state index contributed by atoms with van der Waals surface area (Å²) in [4.78, 5) is 12.1. The second kappa shape index (κ2) is 8.01. The van der Waals surface area contributed by atoms with Gasteiger partial charge in [0.25, 0.3) is 0 Å². The lowest BCUT2D eigenvalue weighted by Gasteiger charge is -2.36. The van der Waals surface area contributed by atoms with Crippen LogP contribution in [-0.2, 0) is 9.53 Å². The van der Waals surface area contributed by atoms with E-state index >= 15 is 0 Å². The van der Waals surface area contributed by atoms with Gasteiger partial charge in [0.2, 0.25) is 0 Å². The summed E-state index contributed by atoms with van der Waals surface area (Å²) in [6, 6.07) is 8.94. The number of hydrogen-bond donors (Lipinski definition) is 0. The Morgan fingerprint density at radius 1 is 1.35 bits per heavy atom. The molecule has 0 radical (unpaired) electrons. The first-order valence-electron chi connectivity index (χ1n) is 8.32. The maximum atomic E-state index is 12.1. The van der Waals surface area contributed by atoms with Crippen molar-refractivity contribution >= 4 is 5.97 Å². The molecule has 0 aliphatic heterocycles. The molecule has 0 bridgehead atoms. The Kier molecular flexibility index (Phi) is 6.04. The van der Waals surface area contributed by atoms with Crippen LogP contribution in [0.3, 0.4) is 0 Å². The summed E-state index contributed by atoms with van der Waals surface area (Å²) >= 11 is 0. The molecule has 1 aromatic rings. The third-order valence-electron chi connectivity index (χ3n) is 4.60. The second-order valence-electron chi connectivity index (χ2n) is 6.75. The average molecular weight is 315 g/mol. The Hall–Kier alpha value is -2.02. The van der Waals surface area contributed by atoms with Crippen molar-refractivity contribution in [1.82, 2.24) is 0 Å². The normalized spacial score (nSPS) is 24.0. The number of benzene rings is 1. The zero-order valence-corrected chi connectivity index (χ0v) is 14.1. The minimum absolute atomic E-state index is 0.0268. The van der Waals surface area contributed by atoms with Crippen LogP contribution in [-0.4, -0.2) is 18.7 Å². The number of nitrogens with zero attached hydrogens (tertiary/aromatic N) is 1. The first-order chi connectivity index (χ1) is 11.0. The van der Waals surface area contributed by atoms with Crippen LogP contribution in [0.4, 0.5) is 0 Å². The van der Waals surface area contributed by atoms with E-state index in [0.717, 1.165) is 12.8 Å². The molecule has 1 aliphatic rings. The first kappa shape index (κ1) is 17.3. The molecule has 0 amide bonds. The molecule has 1 aromatic carbocycles. The third-order valence-corrected chi connectivity index (χ3v) is 4.60. The highest BCUT2D eigenvalue weighted by atomic mass is 16.6. The third kappa shape index (κ3) is 4.72. The minimum atomic E-state index is -0.359. The predicted octanol–water partition coefficient (Wildman–Crippen LogP) is 3.94. The molecule has 4 nitrogen and oxygen atoms in total. The summed E-state index contributed by atoms with van der Waals surface area (Å²) < 4.78 is 11.1. The van der Waals surface area contributed by atoms with Crippen molar-refractivity contribution in [2.45, 2.75) is 46.1 Å². The maximum absolute atomic E-state index is 12.1. The van der Waals surface area contributed by atoms with Crippen molar-refractivity contribution in [2.24, 2.45) is 17.8 Å². The van der Waals surface area contributed by atoms with E-state index in [2.05, 4.69) is 26.8 Å². The summed E-state index contributed by atoms with van der Waals surface area (Å²) in [7, 11) is 0. The lowest BCUT2D eigenvalue weighted by molar-refractivity contribution is -0.158. The fraction of sp³-hybridized carbons (Fsp3) is 0.579. The van der Waals surface area contributed by atoms with Crippen LogP contribution in [0.15, 0.2) is 24.3 Å². The SMILES string of the molecule is CC(C)[C@H]1CC[C@H](C)C[C@H]1OC(=O)COc1ccccc1C#N. The van der Waals surface area contributed by atoms with E-state index in [1.54, 1.807) is 24.3 Å². The van der Waals surface area contributed by atoms with E-state index in [1.165, 1.54) is 6.42 Å². The monoisotopic (exact) mass is 315 g/mol. The predicted molar refractivity (Wildman–Crippen MR) is 87.9 cm³/mol. The summed E-state index contributed by atoms with van der Waals surface area (Å²) in [5.41, 5.74) is 0.423. The van der Waals surface area contributed by atoms with Gasteiger partial charge in [-0.3, -0.25) is 0 Å². The molecule has 0 saturated heterocycles. The number of para-hydroxylation sites is 1. The van der Waals surface area contributed by atoms with Crippen molar-refractivity contribution in [1.29, 1.82) is 5.26 Å². The fourth-order valence-electron chi connectivity index (χ4n) is 3.27. The zero-order valence-electron chi connectivity index (χ0n) is 14.1. The molecular formula is C19H25NO3. The number of nitriles is 1. The Morgan fingerprint density at radius 2 is 2.09 bits per heavy atom. The maximum Gasteiger partial charge on any atom is 0.344 e. The topological polar surface area (TPSA) is 59.3 Å². The number of esters is 1. The number of rotatable bonds is 5. The van der Waals surface area contributed by atoms with E-state index in [9.17, 15) is 4.79 Å². The van der Waals surface area contributed by atoms with Gasteiger partial charge in [-0.2, -0.15) is 5.26 Å². The molecule has 0 spiro atoms. The molecule has 0 unspecified atom stereocenters. The molecule has 0 N–H and O–H groups in total. The smallest absolute Gasteiger partial charge is 0.344 e. The Balaban J connectivity index is 1.92. The Bertz CT molecular complexity index is 576. The van der Waals surface area contributed by atoms with Gasteiger partial charge in [-0.1, -0.05) is 39.3 Å². The van der Waals surface area contributed by atoms with E-state index in [1.807, 2.05) is 0 Å². The van der Waals surface area contributed by atoms with Crippen molar-refractivity contribution < 1.29 is 14.3 Å². The van der Waals surface area contributed by atoms with Gasteiger partial charge in [-0.15, -0.1) is 0 Å². The molecule has 0 heterocycles. The number of carbonyl (C=O) groups is 1. The number of hydrogen-bond acceptors (Lipinski definition) is 4. The summed E-state index contributed by atoms with van der Waals surface area (Å²) in [6.07, 6.45) is 3.20. The second-order valence-corrected chi connectivity index (χ2v) is 6.75. The standard InChI is InChI=1S/C19H25NO3/c1-13(2)16-9-8-14(3)10-18(16)23-19(21)12-22-17-7-5-4-6-15(17)11-20/h4-7,13-14,16,18H,8-10,12H2,1-3H3/t14-,16+,18+/m0/s1. The molecule has 0 aromatic heterocycles. The molecule has 1 saturated carbocycles. The van der Waals surface area contributed by atoms with Crippen molar-refractivity contribution in [3.8, 4) is 11.8 Å². The molecule has 1 fully saturated rings. The van der Waals surface area contributed by atoms with E-state index in [-0.39, 0.29) is 18.7 Å². The summed E-state index contributed by atoms with van der Waals surface area (Å²) in [5.74, 6) is 1.57. The molecular weight excluding hydrogens is 290 g/mol. The van der Waals surface area contributed by atoms with Crippen LogP contribution in [0.25, 0.3) is 0 Å². The van der Waals surface area contributed by atoms with Gasteiger partial charge >= 0.3 is 5.97 Å². The largest absolute Gasteiger partial charge is 0.481 e. The van der Waals surface area contributed by atoms with E-state index in [0.29, 0.717) is 29.1 Å². The minimum Gasteiger partial charge on any atom is -0.481 e. The Labute approximate surface area is 138 Å². The molecule has 4 heteroatoms. The van der Waals surface area contributed by atoms with Crippen molar-refractivity contribution in [3.63, 3.8) is 0 Å². The van der Waals surface area contributed by atoms with Crippen LogP contribution < -0.4 is 4.74 Å². The van der Waals surface area contributed by atoms with Gasteiger partial charge in [0.1, 0.15) is 17.9 Å². The van der Waals surface area contributed by atoms with Gasteiger partial charge in [0.15, 0.2) is 6.61 Å². The van der Waals surface area contributed by atoms with Crippen LogP contribution in [0.2, 0.25) is 0 Å². The van der Waals surface area contributed by atoms with E-state index in [4.69, 9.17) is 14.7 Å². The summed E-state index contributed by atoms with van der Waals surface area (Å²) in [5, 5.41) is 9.02.